The Bertz CT molecular complexity index is 2770. The number of nitrogens with zero attached hydrogens (tertiary/aromatic N) is 3. The highest BCUT2D eigenvalue weighted by atomic mass is 15.2. The molecule has 10 rings (SSSR count). The quantitative estimate of drug-likeness (QED) is 0.168. The topological polar surface area (TPSA) is 13.1 Å². The van der Waals surface area contributed by atoms with E-state index in [1.807, 2.05) is 0 Å². The molecule has 244 valence electrons. The zero-order valence-electron chi connectivity index (χ0n) is 29.0. The highest BCUT2D eigenvalue weighted by Crippen LogP contribution is 2.49. The zero-order chi connectivity index (χ0) is 34.3. The molecule has 51 heavy (non-hydrogen) atoms. The molecule has 0 saturated heterocycles. The van der Waals surface area contributed by atoms with Crippen molar-refractivity contribution >= 4 is 71.2 Å². The molecule has 0 amide bonds. The summed E-state index contributed by atoms with van der Waals surface area (Å²) < 4.78 is 4.67. The fourth-order valence-corrected chi connectivity index (χ4v) is 8.31. The van der Waals surface area contributed by atoms with Crippen LogP contribution in [0.4, 0.5) is 17.1 Å². The summed E-state index contributed by atoms with van der Waals surface area (Å²) in [6.07, 6.45) is 4.65. The average Bonchev–Trinajstić information content (AvgIpc) is 3.74. The molecule has 0 aliphatic rings. The first-order valence-corrected chi connectivity index (χ1v) is 17.8. The van der Waals surface area contributed by atoms with E-state index in [9.17, 15) is 0 Å². The number of benzene rings is 8. The summed E-state index contributed by atoms with van der Waals surface area (Å²) >= 11 is 0. The molecule has 0 spiro atoms. The van der Waals surface area contributed by atoms with Gasteiger partial charge in [0.25, 0.3) is 0 Å². The van der Waals surface area contributed by atoms with Crippen molar-refractivity contribution in [2.75, 3.05) is 4.90 Å². The summed E-state index contributed by atoms with van der Waals surface area (Å²) in [6, 6.07) is 57.5. The first-order chi connectivity index (χ1) is 25.0. The number of hydrogen-bond acceptors (Lipinski definition) is 1. The Morgan fingerprint density at radius 3 is 1.39 bits per heavy atom. The monoisotopic (exact) mass is 655 g/mol. The Balaban J connectivity index is 1.34. The highest BCUT2D eigenvalue weighted by molar-refractivity contribution is 6.27. The van der Waals surface area contributed by atoms with Gasteiger partial charge in [0.05, 0.1) is 28.1 Å². The maximum absolute atomic E-state index is 2.51. The van der Waals surface area contributed by atoms with Gasteiger partial charge >= 0.3 is 0 Å². The Morgan fingerprint density at radius 1 is 0.392 bits per heavy atom. The second-order valence-electron chi connectivity index (χ2n) is 14.7. The van der Waals surface area contributed by atoms with Crippen LogP contribution in [0.1, 0.15) is 26.3 Å². The van der Waals surface area contributed by atoms with Crippen LogP contribution in [0.5, 0.6) is 0 Å². The van der Waals surface area contributed by atoms with E-state index in [0.29, 0.717) is 0 Å². The van der Waals surface area contributed by atoms with Crippen LogP contribution in [0, 0.1) is 0 Å². The van der Waals surface area contributed by atoms with E-state index in [1.54, 1.807) is 0 Å². The number of para-hydroxylation sites is 4. The van der Waals surface area contributed by atoms with E-state index in [-0.39, 0.29) is 5.41 Å². The van der Waals surface area contributed by atoms with Crippen LogP contribution in [0.2, 0.25) is 0 Å². The van der Waals surface area contributed by atoms with Crippen LogP contribution in [0.25, 0.3) is 65.5 Å². The molecule has 0 saturated carbocycles. The molecule has 0 unspecified atom stereocenters. The molecule has 10 aromatic rings. The van der Waals surface area contributed by atoms with Gasteiger partial charge in [0, 0.05) is 39.9 Å². The lowest BCUT2D eigenvalue weighted by atomic mass is 9.81. The Labute approximate surface area is 297 Å². The van der Waals surface area contributed by atoms with Gasteiger partial charge < -0.3 is 14.0 Å². The summed E-state index contributed by atoms with van der Waals surface area (Å²) in [6.45, 7) is 6.95. The molecule has 2 heterocycles. The van der Waals surface area contributed by atoms with Crippen molar-refractivity contribution in [3.63, 3.8) is 0 Å². The predicted octanol–water partition coefficient (Wildman–Crippen LogP) is 13.2. The van der Waals surface area contributed by atoms with Gasteiger partial charge in [0.1, 0.15) is 0 Å². The van der Waals surface area contributed by atoms with Gasteiger partial charge in [0.2, 0.25) is 0 Å². The fourth-order valence-electron chi connectivity index (χ4n) is 8.31. The molecule has 8 aromatic carbocycles. The smallest absolute Gasteiger partial charge is 0.0722 e. The van der Waals surface area contributed by atoms with Crippen molar-refractivity contribution in [2.24, 2.45) is 0 Å². The van der Waals surface area contributed by atoms with Crippen LogP contribution in [0.3, 0.4) is 0 Å². The minimum Gasteiger partial charge on any atom is -0.314 e. The number of rotatable bonds is 5. The lowest BCUT2D eigenvalue weighted by molar-refractivity contribution is 0.596. The second kappa shape index (κ2) is 11.1. The summed E-state index contributed by atoms with van der Waals surface area (Å²) in [7, 11) is 0. The molecule has 0 aliphatic carbocycles. The number of aromatic nitrogens is 2. The predicted molar refractivity (Wildman–Crippen MR) is 217 cm³/mol. The Morgan fingerprint density at radius 2 is 0.843 bits per heavy atom. The molecule has 0 atom stereocenters. The molecule has 0 fully saturated rings. The third-order valence-electron chi connectivity index (χ3n) is 10.6. The van der Waals surface area contributed by atoms with Crippen molar-refractivity contribution in [3.8, 4) is 11.4 Å². The minimum absolute atomic E-state index is 0.0235. The largest absolute Gasteiger partial charge is 0.314 e. The lowest BCUT2D eigenvalue weighted by Gasteiger charge is -2.27. The van der Waals surface area contributed by atoms with E-state index in [4.69, 9.17) is 0 Å². The van der Waals surface area contributed by atoms with Crippen molar-refractivity contribution in [3.05, 3.63) is 176 Å². The molecule has 3 nitrogen and oxygen atoms in total. The van der Waals surface area contributed by atoms with E-state index in [2.05, 4.69) is 205 Å². The molecule has 0 N–H and O–H groups in total. The first-order valence-electron chi connectivity index (χ1n) is 17.8. The number of fused-ring (bicyclic) bond motifs is 2. The highest BCUT2D eigenvalue weighted by Gasteiger charge is 2.26. The molecule has 0 bridgehead atoms. The van der Waals surface area contributed by atoms with Gasteiger partial charge in [-0.1, -0.05) is 136 Å². The Hall–Kier alpha value is -6.32. The van der Waals surface area contributed by atoms with Crippen molar-refractivity contribution in [1.82, 2.24) is 9.13 Å². The summed E-state index contributed by atoms with van der Waals surface area (Å²) in [5.41, 5.74) is 9.44. The van der Waals surface area contributed by atoms with Gasteiger partial charge in [-0.2, -0.15) is 0 Å². The maximum atomic E-state index is 2.51. The van der Waals surface area contributed by atoms with E-state index >= 15 is 0 Å². The number of anilines is 3. The third-order valence-corrected chi connectivity index (χ3v) is 10.6. The first kappa shape index (κ1) is 29.6. The molecule has 0 aliphatic heterocycles. The fraction of sp³-hybridized carbons (Fsp3) is 0.0833. The van der Waals surface area contributed by atoms with E-state index < -0.39 is 0 Å². The molecular weight excluding hydrogens is 619 g/mol. The van der Waals surface area contributed by atoms with Crippen molar-refractivity contribution < 1.29 is 0 Å². The lowest BCUT2D eigenvalue weighted by Crippen LogP contribution is -2.12. The van der Waals surface area contributed by atoms with Crippen LogP contribution in [-0.2, 0) is 5.41 Å². The van der Waals surface area contributed by atoms with Gasteiger partial charge in [-0.25, -0.2) is 0 Å². The van der Waals surface area contributed by atoms with Crippen LogP contribution in [0.15, 0.2) is 170 Å². The summed E-state index contributed by atoms with van der Waals surface area (Å²) in [4.78, 5) is 2.51. The normalized spacial score (nSPS) is 12.2. The molecule has 0 radical (unpaired) electrons. The SMILES string of the molecule is CC(C)(C)c1ccc2ccc3c(N(c4cn(-c5ccccc5)c5ccccc45)c4cn(-c5ccccc5)c5ccccc45)ccc4ccc1c2c43. The van der Waals surface area contributed by atoms with Crippen LogP contribution < -0.4 is 4.90 Å². The van der Waals surface area contributed by atoms with Gasteiger partial charge in [-0.3, -0.25) is 0 Å². The van der Waals surface area contributed by atoms with Crippen LogP contribution in [-0.4, -0.2) is 9.13 Å². The average molecular weight is 656 g/mol. The van der Waals surface area contributed by atoms with Gasteiger partial charge in [-0.15, -0.1) is 0 Å². The molecular formula is C48H37N3. The zero-order valence-corrected chi connectivity index (χ0v) is 29.0. The number of hydrogen-bond donors (Lipinski definition) is 0. The summed E-state index contributed by atoms with van der Waals surface area (Å²) in [5, 5.41) is 10.2. The minimum atomic E-state index is 0.0235. The second-order valence-corrected chi connectivity index (χ2v) is 14.7. The van der Waals surface area contributed by atoms with E-state index in [0.717, 1.165) is 28.4 Å². The standard InChI is InChI=1S/C48H37N3/c1-48(2,3)40-28-24-32-23-27-39-43(29-25-33-22-26-36(40)46(32)47(33)39)51(44-30-49(34-14-6-4-7-15-34)41-20-12-10-18-37(41)44)45-31-50(35-16-8-5-9-17-35)42-21-13-11-19-38(42)45/h4-31H,1-3H3. The van der Waals surface area contributed by atoms with Crippen molar-refractivity contribution in [2.45, 2.75) is 26.2 Å². The van der Waals surface area contributed by atoms with Crippen LogP contribution >= 0.6 is 0 Å². The van der Waals surface area contributed by atoms with Gasteiger partial charge in [0.15, 0.2) is 0 Å². The third kappa shape index (κ3) is 4.51. The molecule has 2 aromatic heterocycles. The Kier molecular flexibility index (Phi) is 6.44. The van der Waals surface area contributed by atoms with Crippen molar-refractivity contribution in [1.29, 1.82) is 0 Å². The summed E-state index contributed by atoms with van der Waals surface area (Å²) in [5.74, 6) is 0. The van der Waals surface area contributed by atoms with Gasteiger partial charge in [-0.05, 0) is 80.4 Å². The van der Waals surface area contributed by atoms with E-state index in [1.165, 1.54) is 59.7 Å². The molecule has 3 heteroatoms. The maximum Gasteiger partial charge on any atom is 0.0722 e.